The number of benzene rings is 1. The number of aromatic nitrogens is 1. The predicted octanol–water partition coefficient (Wildman–Crippen LogP) is 2.34. The third kappa shape index (κ3) is 4.03. The number of carbonyl (C=O) groups is 1. The molecule has 24 heavy (non-hydrogen) atoms. The molecular formula is C17H18N4O2S. The topological polar surface area (TPSA) is 78.2 Å². The zero-order chi connectivity index (χ0) is 16.9. The van der Waals surface area contributed by atoms with E-state index >= 15 is 0 Å². The van der Waals surface area contributed by atoms with E-state index in [0.29, 0.717) is 25.2 Å². The molecule has 1 aromatic heterocycles. The van der Waals surface area contributed by atoms with Crippen LogP contribution in [0, 0.1) is 18.3 Å². The predicted molar refractivity (Wildman–Crippen MR) is 91.1 cm³/mol. The van der Waals surface area contributed by atoms with Gasteiger partial charge in [-0.25, -0.2) is 9.78 Å². The second-order valence-electron chi connectivity index (χ2n) is 5.63. The highest BCUT2D eigenvalue weighted by molar-refractivity contribution is 7.11. The summed E-state index contributed by atoms with van der Waals surface area (Å²) >= 11 is 1.66. The number of urea groups is 1. The Morgan fingerprint density at radius 1 is 1.46 bits per heavy atom. The Kier molecular flexibility index (Phi) is 4.96. The van der Waals surface area contributed by atoms with E-state index in [1.807, 2.05) is 13.1 Å². The van der Waals surface area contributed by atoms with E-state index in [9.17, 15) is 4.79 Å². The first-order chi connectivity index (χ1) is 11.6. The summed E-state index contributed by atoms with van der Waals surface area (Å²) in [4.78, 5) is 19.2. The number of carbonyl (C=O) groups excluding carboxylic acids is 1. The normalized spacial score (nSPS) is 13.9. The van der Waals surface area contributed by atoms with Crippen molar-refractivity contribution in [3.05, 3.63) is 45.9 Å². The minimum Gasteiger partial charge on any atom is -0.487 e. The summed E-state index contributed by atoms with van der Waals surface area (Å²) in [5, 5.41) is 12.7. The van der Waals surface area contributed by atoms with Gasteiger partial charge >= 0.3 is 6.03 Å². The summed E-state index contributed by atoms with van der Waals surface area (Å²) in [6, 6.07) is 9.00. The molecule has 1 aromatic carbocycles. The molecule has 2 heterocycles. The standard InChI is InChI=1S/C17H18N4O2S/c1-12-9-20-16(24-12)6-7-19-17(22)21-10-15(11-21)23-14-4-2-13(8-18)3-5-14/h2-5,9,15H,6-7,10-11H2,1H3,(H,19,22). The minimum absolute atomic E-state index is 0.00491. The Morgan fingerprint density at radius 2 is 2.21 bits per heavy atom. The number of thiazole rings is 1. The number of rotatable bonds is 5. The van der Waals surface area contributed by atoms with Gasteiger partial charge in [0.1, 0.15) is 11.9 Å². The van der Waals surface area contributed by atoms with Crippen LogP contribution >= 0.6 is 11.3 Å². The lowest BCUT2D eigenvalue weighted by atomic mass is 10.1. The van der Waals surface area contributed by atoms with Gasteiger partial charge < -0.3 is 15.0 Å². The molecule has 1 fully saturated rings. The SMILES string of the molecule is Cc1cnc(CCNC(=O)N2CC(Oc3ccc(C#N)cc3)C2)s1. The number of hydrogen-bond acceptors (Lipinski definition) is 5. The molecule has 0 aliphatic carbocycles. The summed E-state index contributed by atoms with van der Waals surface area (Å²) < 4.78 is 5.77. The van der Waals surface area contributed by atoms with Crippen molar-refractivity contribution in [1.82, 2.24) is 15.2 Å². The summed E-state index contributed by atoms with van der Waals surface area (Å²) in [6.45, 7) is 3.75. The van der Waals surface area contributed by atoms with Crippen LogP contribution < -0.4 is 10.1 Å². The van der Waals surface area contributed by atoms with Crippen LogP contribution in [0.2, 0.25) is 0 Å². The summed E-state index contributed by atoms with van der Waals surface area (Å²) in [6.07, 6.45) is 2.61. The van der Waals surface area contributed by atoms with Gasteiger partial charge in [0.05, 0.1) is 29.7 Å². The summed E-state index contributed by atoms with van der Waals surface area (Å²) in [5.74, 6) is 0.721. The highest BCUT2D eigenvalue weighted by Crippen LogP contribution is 2.18. The first-order valence-corrected chi connectivity index (χ1v) is 8.56. The fourth-order valence-corrected chi connectivity index (χ4v) is 3.17. The molecule has 0 spiro atoms. The number of nitrogens with one attached hydrogen (secondary N) is 1. The molecule has 6 nitrogen and oxygen atoms in total. The van der Waals surface area contributed by atoms with E-state index in [-0.39, 0.29) is 12.1 Å². The Morgan fingerprint density at radius 3 is 2.83 bits per heavy atom. The van der Waals surface area contributed by atoms with Crippen LogP contribution in [0.4, 0.5) is 4.79 Å². The van der Waals surface area contributed by atoms with Gasteiger partial charge in [0, 0.05) is 24.0 Å². The maximum absolute atomic E-state index is 12.0. The van der Waals surface area contributed by atoms with Crippen LogP contribution in [0.15, 0.2) is 30.5 Å². The van der Waals surface area contributed by atoms with Gasteiger partial charge in [-0.05, 0) is 31.2 Å². The largest absolute Gasteiger partial charge is 0.487 e. The van der Waals surface area contributed by atoms with Gasteiger partial charge in [0.25, 0.3) is 0 Å². The zero-order valence-corrected chi connectivity index (χ0v) is 14.2. The second-order valence-corrected chi connectivity index (χ2v) is 6.95. The van der Waals surface area contributed by atoms with Crippen molar-refractivity contribution in [2.75, 3.05) is 19.6 Å². The monoisotopic (exact) mass is 342 g/mol. The first-order valence-electron chi connectivity index (χ1n) is 7.75. The van der Waals surface area contributed by atoms with Crippen LogP contribution in [0.25, 0.3) is 0 Å². The van der Waals surface area contributed by atoms with Gasteiger partial charge in [0.15, 0.2) is 0 Å². The number of nitrogens with zero attached hydrogens (tertiary/aromatic N) is 3. The molecule has 1 N–H and O–H groups in total. The molecule has 2 aromatic rings. The Labute approximate surface area is 144 Å². The number of ether oxygens (including phenoxy) is 1. The van der Waals surface area contributed by atoms with Crippen molar-refractivity contribution in [3.8, 4) is 11.8 Å². The number of hydrogen-bond donors (Lipinski definition) is 1. The van der Waals surface area contributed by atoms with Crippen molar-refractivity contribution < 1.29 is 9.53 Å². The quantitative estimate of drug-likeness (QED) is 0.904. The van der Waals surface area contributed by atoms with Gasteiger partial charge in [-0.2, -0.15) is 5.26 Å². The lowest BCUT2D eigenvalue weighted by Gasteiger charge is -2.38. The molecule has 0 atom stereocenters. The van der Waals surface area contributed by atoms with Crippen molar-refractivity contribution in [1.29, 1.82) is 5.26 Å². The smallest absolute Gasteiger partial charge is 0.317 e. The molecule has 0 radical (unpaired) electrons. The minimum atomic E-state index is -0.0667. The highest BCUT2D eigenvalue weighted by Gasteiger charge is 2.32. The molecule has 0 saturated carbocycles. The van der Waals surface area contributed by atoms with Crippen LogP contribution in [0.1, 0.15) is 15.4 Å². The Bertz CT molecular complexity index is 745. The van der Waals surface area contributed by atoms with Gasteiger partial charge in [0.2, 0.25) is 0 Å². The van der Waals surface area contributed by atoms with E-state index < -0.39 is 0 Å². The zero-order valence-electron chi connectivity index (χ0n) is 13.4. The molecule has 1 aliphatic heterocycles. The molecule has 1 aliphatic rings. The average Bonchev–Trinajstić information content (AvgIpc) is 2.96. The van der Waals surface area contributed by atoms with Crippen LogP contribution in [-0.2, 0) is 6.42 Å². The third-order valence-corrected chi connectivity index (χ3v) is 4.68. The Hall–Kier alpha value is -2.59. The van der Waals surface area contributed by atoms with Crippen molar-refractivity contribution >= 4 is 17.4 Å². The third-order valence-electron chi connectivity index (χ3n) is 3.71. The number of likely N-dealkylation sites (tertiary alicyclic amines) is 1. The van der Waals surface area contributed by atoms with Crippen molar-refractivity contribution in [2.24, 2.45) is 0 Å². The molecular weight excluding hydrogens is 324 g/mol. The summed E-state index contributed by atoms with van der Waals surface area (Å²) in [7, 11) is 0. The number of amides is 2. The van der Waals surface area contributed by atoms with Gasteiger partial charge in [-0.15, -0.1) is 11.3 Å². The first kappa shape index (κ1) is 16.3. The van der Waals surface area contributed by atoms with E-state index in [1.54, 1.807) is 40.5 Å². The second kappa shape index (κ2) is 7.32. The number of nitriles is 1. The van der Waals surface area contributed by atoms with Gasteiger partial charge in [-0.3, -0.25) is 0 Å². The molecule has 0 bridgehead atoms. The van der Waals surface area contributed by atoms with E-state index in [0.717, 1.165) is 17.2 Å². The lowest BCUT2D eigenvalue weighted by molar-refractivity contribution is 0.0445. The average molecular weight is 342 g/mol. The van der Waals surface area contributed by atoms with E-state index in [2.05, 4.69) is 16.4 Å². The van der Waals surface area contributed by atoms with Crippen molar-refractivity contribution in [3.63, 3.8) is 0 Å². The molecule has 3 rings (SSSR count). The van der Waals surface area contributed by atoms with E-state index in [1.165, 1.54) is 4.88 Å². The van der Waals surface area contributed by atoms with Crippen LogP contribution in [0.3, 0.4) is 0 Å². The molecule has 2 amide bonds. The fourth-order valence-electron chi connectivity index (χ4n) is 2.38. The molecule has 7 heteroatoms. The van der Waals surface area contributed by atoms with Crippen LogP contribution in [0.5, 0.6) is 5.75 Å². The summed E-state index contributed by atoms with van der Waals surface area (Å²) in [5.41, 5.74) is 0.604. The molecule has 0 unspecified atom stereocenters. The Balaban J connectivity index is 1.36. The van der Waals surface area contributed by atoms with Crippen molar-refractivity contribution in [2.45, 2.75) is 19.4 Å². The maximum Gasteiger partial charge on any atom is 0.317 e. The van der Waals surface area contributed by atoms with E-state index in [4.69, 9.17) is 10.00 Å². The van der Waals surface area contributed by atoms with Gasteiger partial charge in [-0.1, -0.05) is 0 Å². The molecule has 124 valence electrons. The highest BCUT2D eigenvalue weighted by atomic mass is 32.1. The van der Waals surface area contributed by atoms with Crippen LogP contribution in [-0.4, -0.2) is 41.7 Å². The lowest BCUT2D eigenvalue weighted by Crippen LogP contribution is -2.59. The fraction of sp³-hybridized carbons (Fsp3) is 0.353. The maximum atomic E-state index is 12.0. The number of aryl methyl sites for hydroxylation is 1. The molecule has 1 saturated heterocycles.